The number of rotatable bonds is 3. The van der Waals surface area contributed by atoms with E-state index < -0.39 is 11.2 Å². The first-order chi connectivity index (χ1) is 7.22. The molecule has 0 bridgehead atoms. The zero-order valence-electron chi connectivity index (χ0n) is 8.10. The third-order valence-corrected chi connectivity index (χ3v) is 3.01. The Morgan fingerprint density at radius 3 is 2.87 bits per heavy atom. The summed E-state index contributed by atoms with van der Waals surface area (Å²) in [5, 5.41) is 8.34. The van der Waals surface area contributed by atoms with Crippen LogP contribution in [-0.4, -0.2) is 27.3 Å². The number of aliphatic carboxylic acids is 1. The topological polar surface area (TPSA) is 66.0 Å². The first-order valence-electron chi connectivity index (χ1n) is 4.42. The van der Waals surface area contributed by atoms with Crippen LogP contribution in [0.25, 0.3) is 11.0 Å². The quantitative estimate of drug-likeness (QED) is 0.834. The molecule has 0 fully saturated rings. The van der Waals surface area contributed by atoms with Crippen LogP contribution in [0.4, 0.5) is 0 Å². The number of para-hydroxylation sites is 2. The molecule has 0 aliphatic rings. The molecule has 1 aromatic carbocycles. The SMILES string of the molecule is CSC(C(=O)O)c1nc2ccccc2[nH]1. The molecule has 0 amide bonds. The maximum atomic E-state index is 10.9. The van der Waals surface area contributed by atoms with Gasteiger partial charge in [-0.2, -0.15) is 0 Å². The van der Waals surface area contributed by atoms with E-state index in [9.17, 15) is 4.79 Å². The Bertz CT molecular complexity index is 462. The molecule has 0 aliphatic carbocycles. The lowest BCUT2D eigenvalue weighted by Crippen LogP contribution is -2.08. The highest BCUT2D eigenvalue weighted by Gasteiger charge is 2.21. The first kappa shape index (κ1) is 10.0. The molecule has 0 saturated heterocycles. The van der Waals surface area contributed by atoms with Crippen LogP contribution in [0.3, 0.4) is 0 Å². The van der Waals surface area contributed by atoms with Gasteiger partial charge in [0.2, 0.25) is 0 Å². The largest absolute Gasteiger partial charge is 0.480 e. The number of nitrogens with one attached hydrogen (secondary N) is 1. The van der Waals surface area contributed by atoms with Crippen molar-refractivity contribution in [2.45, 2.75) is 5.25 Å². The number of carbonyl (C=O) groups is 1. The van der Waals surface area contributed by atoms with Gasteiger partial charge in [-0.1, -0.05) is 12.1 Å². The molecular formula is C10H10N2O2S. The second kappa shape index (κ2) is 3.94. The van der Waals surface area contributed by atoms with Crippen molar-refractivity contribution in [1.29, 1.82) is 0 Å². The maximum Gasteiger partial charge on any atom is 0.324 e. The number of imidazole rings is 1. The normalized spacial score (nSPS) is 12.9. The molecule has 5 heteroatoms. The van der Waals surface area contributed by atoms with Crippen LogP contribution in [0.5, 0.6) is 0 Å². The number of thioether (sulfide) groups is 1. The van der Waals surface area contributed by atoms with E-state index in [1.54, 1.807) is 6.26 Å². The van der Waals surface area contributed by atoms with Crippen LogP contribution in [0.2, 0.25) is 0 Å². The fraction of sp³-hybridized carbons (Fsp3) is 0.200. The molecule has 1 unspecified atom stereocenters. The van der Waals surface area contributed by atoms with Crippen molar-refractivity contribution in [3.05, 3.63) is 30.1 Å². The number of fused-ring (bicyclic) bond motifs is 1. The van der Waals surface area contributed by atoms with Crippen molar-refractivity contribution in [3.63, 3.8) is 0 Å². The minimum absolute atomic E-state index is 0.496. The van der Waals surface area contributed by atoms with Gasteiger partial charge in [0.05, 0.1) is 11.0 Å². The number of benzene rings is 1. The standard InChI is InChI=1S/C10H10N2O2S/c1-15-8(10(13)14)9-11-6-4-2-3-5-7(6)12-9/h2-5,8H,1H3,(H,11,12)(H,13,14). The van der Waals surface area contributed by atoms with Crippen LogP contribution in [-0.2, 0) is 4.79 Å². The van der Waals surface area contributed by atoms with Gasteiger partial charge in [0.15, 0.2) is 5.25 Å². The zero-order chi connectivity index (χ0) is 10.8. The number of carboxylic acid groups (broad SMARTS) is 1. The fourth-order valence-corrected chi connectivity index (χ4v) is 1.96. The molecular weight excluding hydrogens is 212 g/mol. The third-order valence-electron chi connectivity index (χ3n) is 2.12. The van der Waals surface area contributed by atoms with E-state index in [2.05, 4.69) is 9.97 Å². The second-order valence-corrected chi connectivity index (χ2v) is 4.04. The molecule has 1 heterocycles. The Morgan fingerprint density at radius 2 is 2.27 bits per heavy atom. The lowest BCUT2D eigenvalue weighted by molar-refractivity contribution is -0.136. The van der Waals surface area contributed by atoms with Gasteiger partial charge in [-0.15, -0.1) is 11.8 Å². The lowest BCUT2D eigenvalue weighted by atomic mass is 10.3. The molecule has 2 aromatic rings. The summed E-state index contributed by atoms with van der Waals surface area (Å²) < 4.78 is 0. The van der Waals surface area contributed by atoms with Gasteiger partial charge in [0.25, 0.3) is 0 Å². The second-order valence-electron chi connectivity index (χ2n) is 3.09. The summed E-state index contributed by atoms with van der Waals surface area (Å²) in [5.74, 6) is -0.377. The van der Waals surface area contributed by atoms with Crippen LogP contribution in [0, 0.1) is 0 Å². The molecule has 4 nitrogen and oxygen atoms in total. The summed E-state index contributed by atoms with van der Waals surface area (Å²) >= 11 is 1.25. The zero-order valence-corrected chi connectivity index (χ0v) is 8.91. The summed E-state index contributed by atoms with van der Waals surface area (Å²) in [6.07, 6.45) is 1.76. The summed E-state index contributed by atoms with van der Waals surface area (Å²) in [5.41, 5.74) is 1.67. The Morgan fingerprint density at radius 1 is 1.53 bits per heavy atom. The van der Waals surface area contributed by atoms with E-state index >= 15 is 0 Å². The number of aromatic nitrogens is 2. The monoisotopic (exact) mass is 222 g/mol. The van der Waals surface area contributed by atoms with Crippen molar-refractivity contribution in [2.24, 2.45) is 0 Å². The fourth-order valence-electron chi connectivity index (χ4n) is 1.43. The Balaban J connectivity index is 2.47. The summed E-state index contributed by atoms with van der Waals surface area (Å²) in [7, 11) is 0. The maximum absolute atomic E-state index is 10.9. The minimum Gasteiger partial charge on any atom is -0.480 e. The van der Waals surface area contributed by atoms with Gasteiger partial charge >= 0.3 is 5.97 Å². The molecule has 0 saturated carbocycles. The van der Waals surface area contributed by atoms with Crippen molar-refractivity contribution in [3.8, 4) is 0 Å². The molecule has 2 N–H and O–H groups in total. The number of hydrogen-bond acceptors (Lipinski definition) is 3. The number of aromatic amines is 1. The first-order valence-corrected chi connectivity index (χ1v) is 5.71. The van der Waals surface area contributed by atoms with Crippen molar-refractivity contribution in [2.75, 3.05) is 6.26 Å². The van der Waals surface area contributed by atoms with Gasteiger partial charge in [-0.25, -0.2) is 4.98 Å². The minimum atomic E-state index is -0.874. The van der Waals surface area contributed by atoms with E-state index in [0.717, 1.165) is 11.0 Å². The Hall–Kier alpha value is -1.49. The predicted molar refractivity (Wildman–Crippen MR) is 60.0 cm³/mol. The number of nitrogens with zero attached hydrogens (tertiary/aromatic N) is 1. The average Bonchev–Trinajstić information content (AvgIpc) is 2.61. The van der Waals surface area contributed by atoms with Gasteiger partial charge < -0.3 is 10.1 Å². The van der Waals surface area contributed by atoms with Crippen molar-refractivity contribution < 1.29 is 9.90 Å². The summed E-state index contributed by atoms with van der Waals surface area (Å²) in [6, 6.07) is 7.50. The highest BCUT2D eigenvalue weighted by molar-refractivity contribution is 7.99. The van der Waals surface area contributed by atoms with Crippen LogP contribution in [0.15, 0.2) is 24.3 Å². The smallest absolute Gasteiger partial charge is 0.324 e. The molecule has 0 aliphatic heterocycles. The Labute approximate surface area is 90.7 Å². The summed E-state index contributed by atoms with van der Waals surface area (Å²) in [4.78, 5) is 18.2. The number of H-pyrrole nitrogens is 1. The van der Waals surface area contributed by atoms with Gasteiger partial charge in [0.1, 0.15) is 5.82 Å². The van der Waals surface area contributed by atoms with Gasteiger partial charge in [-0.05, 0) is 18.4 Å². The third kappa shape index (κ3) is 1.83. The average molecular weight is 222 g/mol. The predicted octanol–water partition coefficient (Wildman–Crippen LogP) is 2.05. The lowest BCUT2D eigenvalue weighted by Gasteiger charge is -2.04. The van der Waals surface area contributed by atoms with Gasteiger partial charge in [-0.3, -0.25) is 4.79 Å². The molecule has 0 radical (unpaired) electrons. The highest BCUT2D eigenvalue weighted by atomic mass is 32.2. The van der Waals surface area contributed by atoms with E-state index in [1.807, 2.05) is 24.3 Å². The number of hydrogen-bond donors (Lipinski definition) is 2. The van der Waals surface area contributed by atoms with E-state index in [1.165, 1.54) is 11.8 Å². The van der Waals surface area contributed by atoms with Crippen molar-refractivity contribution >= 4 is 28.8 Å². The molecule has 0 spiro atoms. The molecule has 1 aromatic heterocycles. The molecule has 2 rings (SSSR count). The van der Waals surface area contributed by atoms with E-state index in [-0.39, 0.29) is 0 Å². The van der Waals surface area contributed by atoms with Crippen LogP contribution in [0.1, 0.15) is 11.1 Å². The van der Waals surface area contributed by atoms with Crippen LogP contribution < -0.4 is 0 Å². The van der Waals surface area contributed by atoms with Gasteiger partial charge in [0, 0.05) is 0 Å². The molecule has 1 atom stereocenters. The number of carboxylic acids is 1. The van der Waals surface area contributed by atoms with E-state index in [0.29, 0.717) is 5.82 Å². The van der Waals surface area contributed by atoms with Crippen LogP contribution >= 0.6 is 11.8 Å². The summed E-state index contributed by atoms with van der Waals surface area (Å²) in [6.45, 7) is 0. The van der Waals surface area contributed by atoms with Crippen molar-refractivity contribution in [1.82, 2.24) is 9.97 Å². The molecule has 78 valence electrons. The highest BCUT2D eigenvalue weighted by Crippen LogP contribution is 2.26. The van der Waals surface area contributed by atoms with E-state index in [4.69, 9.17) is 5.11 Å². The Kier molecular flexibility index (Phi) is 2.64. The molecule has 15 heavy (non-hydrogen) atoms.